The standard InChI is InChI=1S/C8H13N3O/c1-5(12)8(10)6-2-3-7(9)11-4-6/h2-5,8,12H,10H2,1H3,(H2,9,11)/t5-,8-/m1/s1. The van der Waals surface area contributed by atoms with Crippen molar-refractivity contribution in [2.24, 2.45) is 5.73 Å². The third kappa shape index (κ3) is 1.93. The van der Waals surface area contributed by atoms with Crippen molar-refractivity contribution in [3.8, 4) is 0 Å². The maximum atomic E-state index is 9.16. The fraction of sp³-hybridized carbons (Fsp3) is 0.375. The van der Waals surface area contributed by atoms with Crippen LogP contribution in [0.1, 0.15) is 18.5 Å². The Labute approximate surface area is 71.2 Å². The molecule has 0 aromatic carbocycles. The highest BCUT2D eigenvalue weighted by Crippen LogP contribution is 2.13. The zero-order valence-corrected chi connectivity index (χ0v) is 6.94. The normalized spacial score (nSPS) is 15.6. The molecule has 0 bridgehead atoms. The molecule has 1 aromatic rings. The van der Waals surface area contributed by atoms with Gasteiger partial charge >= 0.3 is 0 Å². The summed E-state index contributed by atoms with van der Waals surface area (Å²) in [7, 11) is 0. The third-order valence-corrected chi connectivity index (χ3v) is 1.71. The van der Waals surface area contributed by atoms with E-state index in [1.54, 1.807) is 25.3 Å². The lowest BCUT2D eigenvalue weighted by atomic mass is 10.1. The van der Waals surface area contributed by atoms with Gasteiger partial charge in [0.05, 0.1) is 12.1 Å². The minimum atomic E-state index is -0.574. The number of aliphatic hydroxyl groups is 1. The molecule has 1 heterocycles. The summed E-state index contributed by atoms with van der Waals surface area (Å²) in [5.74, 6) is 0.455. The van der Waals surface area contributed by atoms with Crippen LogP contribution in [-0.4, -0.2) is 16.2 Å². The first-order valence-electron chi connectivity index (χ1n) is 3.76. The lowest BCUT2D eigenvalue weighted by molar-refractivity contribution is 0.164. The van der Waals surface area contributed by atoms with Gasteiger partial charge in [-0.05, 0) is 18.6 Å². The van der Waals surface area contributed by atoms with Crippen LogP contribution in [0.3, 0.4) is 0 Å². The maximum absolute atomic E-state index is 9.16. The Kier molecular flexibility index (Phi) is 2.62. The summed E-state index contributed by atoms with van der Waals surface area (Å²) in [6, 6.07) is 3.04. The molecule has 1 aromatic heterocycles. The van der Waals surface area contributed by atoms with Gasteiger partial charge in [-0.3, -0.25) is 0 Å². The number of nitrogens with two attached hydrogens (primary N) is 2. The number of nitrogens with zero attached hydrogens (tertiary/aromatic N) is 1. The number of hydrogen-bond acceptors (Lipinski definition) is 4. The number of nitrogen functional groups attached to an aromatic ring is 1. The molecular formula is C8H13N3O. The van der Waals surface area contributed by atoms with Crippen LogP contribution in [0, 0.1) is 0 Å². The van der Waals surface area contributed by atoms with E-state index < -0.39 is 12.1 Å². The minimum absolute atomic E-state index is 0.391. The second kappa shape index (κ2) is 3.51. The van der Waals surface area contributed by atoms with E-state index in [-0.39, 0.29) is 0 Å². The van der Waals surface area contributed by atoms with Gasteiger partial charge in [-0.25, -0.2) is 4.98 Å². The van der Waals surface area contributed by atoms with Gasteiger partial charge in [-0.15, -0.1) is 0 Å². The average molecular weight is 167 g/mol. The van der Waals surface area contributed by atoms with E-state index in [9.17, 15) is 0 Å². The Hall–Kier alpha value is -1.13. The predicted molar refractivity (Wildman–Crippen MR) is 47.3 cm³/mol. The van der Waals surface area contributed by atoms with Crippen molar-refractivity contribution < 1.29 is 5.11 Å². The van der Waals surface area contributed by atoms with Gasteiger partial charge in [0, 0.05) is 6.20 Å². The molecule has 4 heteroatoms. The highest BCUT2D eigenvalue weighted by molar-refractivity contribution is 5.30. The van der Waals surface area contributed by atoms with Crippen molar-refractivity contribution in [3.63, 3.8) is 0 Å². The Bertz CT molecular complexity index is 245. The molecule has 0 aliphatic rings. The van der Waals surface area contributed by atoms with Crippen molar-refractivity contribution in [2.75, 3.05) is 5.73 Å². The van der Waals surface area contributed by atoms with Crippen LogP contribution in [0.15, 0.2) is 18.3 Å². The molecule has 5 N–H and O–H groups in total. The number of aliphatic hydroxyl groups excluding tert-OH is 1. The Morgan fingerprint density at radius 2 is 2.17 bits per heavy atom. The molecule has 0 saturated heterocycles. The fourth-order valence-corrected chi connectivity index (χ4v) is 0.892. The van der Waals surface area contributed by atoms with E-state index in [1.807, 2.05) is 0 Å². The zero-order valence-electron chi connectivity index (χ0n) is 6.94. The summed E-state index contributed by atoms with van der Waals surface area (Å²) in [5, 5.41) is 9.16. The third-order valence-electron chi connectivity index (χ3n) is 1.71. The van der Waals surface area contributed by atoms with Gasteiger partial charge < -0.3 is 16.6 Å². The molecule has 0 aliphatic carbocycles. The smallest absolute Gasteiger partial charge is 0.123 e. The second-order valence-corrected chi connectivity index (χ2v) is 2.78. The van der Waals surface area contributed by atoms with E-state index in [4.69, 9.17) is 16.6 Å². The Morgan fingerprint density at radius 1 is 1.50 bits per heavy atom. The van der Waals surface area contributed by atoms with Crippen LogP contribution < -0.4 is 11.5 Å². The molecule has 0 unspecified atom stereocenters. The number of rotatable bonds is 2. The average Bonchev–Trinajstić information content (AvgIpc) is 2.04. The van der Waals surface area contributed by atoms with E-state index >= 15 is 0 Å². The van der Waals surface area contributed by atoms with E-state index in [1.165, 1.54) is 0 Å². The summed E-state index contributed by atoms with van der Waals surface area (Å²) in [4.78, 5) is 3.87. The summed E-state index contributed by atoms with van der Waals surface area (Å²) in [6.07, 6.45) is 1.00. The molecule has 0 fully saturated rings. The van der Waals surface area contributed by atoms with Crippen molar-refractivity contribution >= 4 is 5.82 Å². The van der Waals surface area contributed by atoms with Crippen molar-refractivity contribution in [1.29, 1.82) is 0 Å². The SMILES string of the molecule is C[C@@H](O)[C@@H](N)c1ccc(N)nc1. The minimum Gasteiger partial charge on any atom is -0.391 e. The van der Waals surface area contributed by atoms with Gasteiger partial charge in [0.15, 0.2) is 0 Å². The molecule has 4 nitrogen and oxygen atoms in total. The highest BCUT2D eigenvalue weighted by Gasteiger charge is 2.11. The van der Waals surface area contributed by atoms with Crippen molar-refractivity contribution in [3.05, 3.63) is 23.9 Å². The first-order chi connectivity index (χ1) is 5.61. The van der Waals surface area contributed by atoms with Crippen LogP contribution in [0.25, 0.3) is 0 Å². The number of pyridine rings is 1. The molecule has 12 heavy (non-hydrogen) atoms. The summed E-state index contributed by atoms with van der Waals surface area (Å²) in [6.45, 7) is 1.64. The van der Waals surface area contributed by atoms with Gasteiger partial charge in [0.25, 0.3) is 0 Å². The molecule has 0 amide bonds. The lowest BCUT2D eigenvalue weighted by Gasteiger charge is -2.14. The topological polar surface area (TPSA) is 85.2 Å². The molecular weight excluding hydrogens is 154 g/mol. The van der Waals surface area contributed by atoms with Gasteiger partial charge in [0.2, 0.25) is 0 Å². The first-order valence-corrected chi connectivity index (χ1v) is 3.76. The number of hydrogen-bond donors (Lipinski definition) is 3. The van der Waals surface area contributed by atoms with Crippen LogP contribution >= 0.6 is 0 Å². The summed E-state index contributed by atoms with van der Waals surface area (Å²) < 4.78 is 0. The van der Waals surface area contributed by atoms with Gasteiger partial charge in [0.1, 0.15) is 5.82 Å². The highest BCUT2D eigenvalue weighted by atomic mass is 16.3. The summed E-state index contributed by atoms with van der Waals surface area (Å²) in [5.41, 5.74) is 11.8. The van der Waals surface area contributed by atoms with E-state index in [0.717, 1.165) is 5.56 Å². The van der Waals surface area contributed by atoms with Crippen LogP contribution in [0.2, 0.25) is 0 Å². The van der Waals surface area contributed by atoms with Gasteiger partial charge in [-0.1, -0.05) is 6.07 Å². The number of anilines is 1. The maximum Gasteiger partial charge on any atom is 0.123 e. The number of aromatic nitrogens is 1. The largest absolute Gasteiger partial charge is 0.391 e. The van der Waals surface area contributed by atoms with Crippen LogP contribution in [0.5, 0.6) is 0 Å². The zero-order chi connectivity index (χ0) is 9.14. The molecule has 2 atom stereocenters. The van der Waals surface area contributed by atoms with Crippen LogP contribution in [0.4, 0.5) is 5.82 Å². The molecule has 0 aliphatic heterocycles. The molecule has 0 spiro atoms. The first kappa shape index (κ1) is 8.96. The summed E-state index contributed by atoms with van der Waals surface area (Å²) >= 11 is 0. The molecule has 1 rings (SSSR count). The molecule has 0 radical (unpaired) electrons. The Balaban J connectivity index is 2.82. The van der Waals surface area contributed by atoms with Crippen molar-refractivity contribution in [2.45, 2.75) is 19.1 Å². The van der Waals surface area contributed by atoms with E-state index in [0.29, 0.717) is 5.82 Å². The van der Waals surface area contributed by atoms with Crippen LogP contribution in [-0.2, 0) is 0 Å². The predicted octanol–water partition coefficient (Wildman–Crippen LogP) is 0.0444. The molecule has 66 valence electrons. The lowest BCUT2D eigenvalue weighted by Crippen LogP contribution is -2.23. The Morgan fingerprint density at radius 3 is 2.58 bits per heavy atom. The van der Waals surface area contributed by atoms with E-state index in [2.05, 4.69) is 4.98 Å². The molecule has 0 saturated carbocycles. The quantitative estimate of drug-likeness (QED) is 0.580. The van der Waals surface area contributed by atoms with Crippen molar-refractivity contribution in [1.82, 2.24) is 4.98 Å². The fourth-order valence-electron chi connectivity index (χ4n) is 0.892. The monoisotopic (exact) mass is 167 g/mol. The second-order valence-electron chi connectivity index (χ2n) is 2.78. The van der Waals surface area contributed by atoms with Gasteiger partial charge in [-0.2, -0.15) is 0 Å².